The van der Waals surface area contributed by atoms with Gasteiger partial charge in [-0.05, 0) is 51.0 Å². The molecule has 1 fully saturated rings. The van der Waals surface area contributed by atoms with Crippen LogP contribution in [0.5, 0.6) is 0 Å². The number of fused-ring (bicyclic) bond motifs is 1. The molecule has 0 aromatic heterocycles. The number of ether oxygens (including phenoxy) is 2. The third-order valence-electron chi connectivity index (χ3n) is 4.69. The first-order chi connectivity index (χ1) is 11.5. The van der Waals surface area contributed by atoms with Crippen molar-refractivity contribution in [3.63, 3.8) is 0 Å². The second-order valence-electron chi connectivity index (χ2n) is 6.27. The molecule has 0 saturated carbocycles. The van der Waals surface area contributed by atoms with Crippen molar-refractivity contribution in [3.8, 4) is 6.07 Å². The summed E-state index contributed by atoms with van der Waals surface area (Å²) in [6, 6.07) is 1.52. The molecule has 2 rings (SSSR count). The van der Waals surface area contributed by atoms with Crippen LogP contribution in [0.2, 0.25) is 0 Å². The maximum atomic E-state index is 12.3. The van der Waals surface area contributed by atoms with Crippen LogP contribution in [-0.4, -0.2) is 43.3 Å². The van der Waals surface area contributed by atoms with Gasteiger partial charge in [-0.15, -0.1) is 0 Å². The first-order valence-corrected chi connectivity index (χ1v) is 8.30. The van der Waals surface area contributed by atoms with Crippen LogP contribution in [0, 0.1) is 23.2 Å². The molecule has 0 spiro atoms. The summed E-state index contributed by atoms with van der Waals surface area (Å²) in [5.41, 5.74) is 1.80. The fraction of sp³-hybridized carbons (Fsp3) is 0.611. The summed E-state index contributed by atoms with van der Waals surface area (Å²) < 4.78 is 9.97. The van der Waals surface area contributed by atoms with E-state index in [4.69, 9.17) is 14.7 Å². The highest BCUT2D eigenvalue weighted by atomic mass is 16.6. The number of nitriles is 1. The van der Waals surface area contributed by atoms with Gasteiger partial charge in [0.15, 0.2) is 0 Å². The van der Waals surface area contributed by atoms with Gasteiger partial charge in [0.05, 0.1) is 19.8 Å². The molecule has 0 radical (unpaired) electrons. The van der Waals surface area contributed by atoms with E-state index in [2.05, 4.69) is 12.1 Å². The molecule has 1 saturated heterocycles. The zero-order chi connectivity index (χ0) is 17.7. The van der Waals surface area contributed by atoms with Gasteiger partial charge in [-0.2, -0.15) is 5.26 Å². The molecule has 6 nitrogen and oxygen atoms in total. The second kappa shape index (κ2) is 8.00. The van der Waals surface area contributed by atoms with Crippen LogP contribution in [0.1, 0.15) is 33.1 Å². The zero-order valence-corrected chi connectivity index (χ0v) is 14.4. The fourth-order valence-corrected chi connectivity index (χ4v) is 3.52. The minimum Gasteiger partial charge on any atom is -0.464 e. The normalized spacial score (nSPS) is 26.8. The van der Waals surface area contributed by atoms with Crippen LogP contribution in [0.3, 0.4) is 0 Å². The van der Waals surface area contributed by atoms with Crippen molar-refractivity contribution in [2.45, 2.75) is 39.2 Å². The van der Waals surface area contributed by atoms with E-state index in [0.717, 1.165) is 18.4 Å². The Labute approximate surface area is 142 Å². The van der Waals surface area contributed by atoms with E-state index in [1.54, 1.807) is 13.8 Å². The predicted molar refractivity (Wildman–Crippen MR) is 87.8 cm³/mol. The molecule has 1 aliphatic heterocycles. The Kier molecular flexibility index (Phi) is 6.02. The molecular weight excluding hydrogens is 308 g/mol. The molecule has 24 heavy (non-hydrogen) atoms. The van der Waals surface area contributed by atoms with E-state index in [1.165, 1.54) is 12.0 Å². The van der Waals surface area contributed by atoms with E-state index < -0.39 is 12.1 Å². The lowest BCUT2D eigenvalue weighted by Crippen LogP contribution is -2.54. The lowest BCUT2D eigenvalue weighted by atomic mass is 9.74. The molecule has 0 bridgehead atoms. The topological polar surface area (TPSA) is 79.6 Å². The molecular formula is C18H24N2O4. The van der Waals surface area contributed by atoms with Crippen LogP contribution >= 0.6 is 0 Å². The van der Waals surface area contributed by atoms with Gasteiger partial charge >= 0.3 is 12.1 Å². The highest BCUT2D eigenvalue weighted by Gasteiger charge is 2.42. The minimum atomic E-state index is -0.615. The number of rotatable bonds is 3. The van der Waals surface area contributed by atoms with Crippen LogP contribution in [-0.2, 0) is 14.3 Å². The van der Waals surface area contributed by atoms with E-state index >= 15 is 0 Å². The number of hydrogen-bond acceptors (Lipinski definition) is 5. The Balaban J connectivity index is 2.22. The molecule has 1 aliphatic carbocycles. The van der Waals surface area contributed by atoms with E-state index in [0.29, 0.717) is 24.5 Å². The molecule has 2 aliphatic rings. The first-order valence-electron chi connectivity index (χ1n) is 8.30. The highest BCUT2D eigenvalue weighted by Crippen LogP contribution is 2.38. The largest absolute Gasteiger partial charge is 0.464 e. The summed E-state index contributed by atoms with van der Waals surface area (Å²) in [5, 5.41) is 8.93. The van der Waals surface area contributed by atoms with Gasteiger partial charge in [0.1, 0.15) is 6.04 Å². The average Bonchev–Trinajstić information content (AvgIpc) is 2.59. The quantitative estimate of drug-likeness (QED) is 0.586. The smallest absolute Gasteiger partial charge is 0.410 e. The minimum absolute atomic E-state index is 0.201. The van der Waals surface area contributed by atoms with Crippen molar-refractivity contribution in [2.24, 2.45) is 11.8 Å². The summed E-state index contributed by atoms with van der Waals surface area (Å²) >= 11 is 0. The van der Waals surface area contributed by atoms with Gasteiger partial charge < -0.3 is 9.47 Å². The maximum Gasteiger partial charge on any atom is 0.410 e. The third-order valence-corrected chi connectivity index (χ3v) is 4.69. The summed E-state index contributed by atoms with van der Waals surface area (Å²) in [4.78, 5) is 25.8. The number of methoxy groups -OCH3 is 1. The third kappa shape index (κ3) is 3.97. The van der Waals surface area contributed by atoms with Gasteiger partial charge in [0.2, 0.25) is 0 Å². The van der Waals surface area contributed by atoms with Crippen molar-refractivity contribution in [1.29, 1.82) is 5.26 Å². The summed E-state index contributed by atoms with van der Waals surface area (Å²) in [6.45, 7) is 4.31. The van der Waals surface area contributed by atoms with E-state index in [9.17, 15) is 9.59 Å². The molecule has 1 heterocycles. The summed E-state index contributed by atoms with van der Waals surface area (Å²) in [7, 11) is 1.32. The van der Waals surface area contributed by atoms with Crippen LogP contribution in [0.25, 0.3) is 0 Å². The Morgan fingerprint density at radius 3 is 2.88 bits per heavy atom. The average molecular weight is 332 g/mol. The van der Waals surface area contributed by atoms with Gasteiger partial charge in [-0.25, -0.2) is 9.59 Å². The van der Waals surface area contributed by atoms with Crippen molar-refractivity contribution in [2.75, 3.05) is 20.3 Å². The zero-order valence-electron chi connectivity index (χ0n) is 14.4. The summed E-state index contributed by atoms with van der Waals surface area (Å²) in [6.07, 6.45) is 5.90. The highest BCUT2D eigenvalue weighted by molar-refractivity contribution is 5.81. The van der Waals surface area contributed by atoms with Crippen molar-refractivity contribution >= 4 is 12.1 Å². The van der Waals surface area contributed by atoms with Crippen LogP contribution in [0.4, 0.5) is 4.79 Å². The number of amides is 1. The Bertz CT molecular complexity index is 603. The maximum absolute atomic E-state index is 12.3. The predicted octanol–water partition coefficient (Wildman–Crippen LogP) is 2.81. The first kappa shape index (κ1) is 18.1. The van der Waals surface area contributed by atoms with E-state index in [1.807, 2.05) is 6.08 Å². The number of carbonyl (C=O) groups excluding carboxylic acids is 2. The van der Waals surface area contributed by atoms with Gasteiger partial charge in [0, 0.05) is 12.1 Å². The molecule has 0 N–H and O–H groups in total. The Morgan fingerprint density at radius 1 is 1.50 bits per heavy atom. The van der Waals surface area contributed by atoms with E-state index in [-0.39, 0.29) is 18.5 Å². The SMILES string of the molecule is CCOC(=O)[C@@H]1C[C@H]2C=C(/C=C(\C)C#N)CC[C@H]2CN1C(=O)OC. The molecule has 0 aromatic carbocycles. The van der Waals surface area contributed by atoms with Gasteiger partial charge in [-0.3, -0.25) is 4.90 Å². The van der Waals surface area contributed by atoms with Gasteiger partial charge in [-0.1, -0.05) is 11.6 Å². The van der Waals surface area contributed by atoms with Crippen LogP contribution < -0.4 is 0 Å². The second-order valence-corrected chi connectivity index (χ2v) is 6.27. The monoisotopic (exact) mass is 332 g/mol. The van der Waals surface area contributed by atoms with Gasteiger partial charge in [0.25, 0.3) is 0 Å². The van der Waals surface area contributed by atoms with Crippen molar-refractivity contribution in [3.05, 3.63) is 23.3 Å². The Morgan fingerprint density at radius 2 is 2.25 bits per heavy atom. The molecule has 1 amide bonds. The number of hydrogen-bond donors (Lipinski definition) is 0. The lowest BCUT2D eigenvalue weighted by molar-refractivity contribution is -0.151. The van der Waals surface area contributed by atoms with Crippen molar-refractivity contribution < 1.29 is 19.1 Å². The number of carbonyl (C=O) groups is 2. The Hall–Kier alpha value is -2.29. The molecule has 0 unspecified atom stereocenters. The number of allylic oxidation sites excluding steroid dienone is 4. The number of likely N-dealkylation sites (tertiary alicyclic amines) is 1. The standard InChI is InChI=1S/C18H24N2O4/c1-4-24-17(21)16-9-15-8-13(7-12(2)10-19)5-6-14(15)11-20(16)18(22)23-3/h7-8,14-16H,4-6,9,11H2,1-3H3/b12-7+/t14-,15+,16-/m0/s1. The molecule has 3 atom stereocenters. The van der Waals surface area contributed by atoms with Crippen molar-refractivity contribution in [1.82, 2.24) is 4.90 Å². The molecule has 0 aromatic rings. The fourth-order valence-electron chi connectivity index (χ4n) is 3.52. The number of nitrogens with zero attached hydrogens (tertiary/aromatic N) is 2. The molecule has 6 heteroatoms. The number of esters is 1. The van der Waals surface area contributed by atoms with Crippen LogP contribution in [0.15, 0.2) is 23.3 Å². The number of piperidine rings is 1. The molecule has 130 valence electrons. The lowest BCUT2D eigenvalue weighted by Gasteiger charge is -2.43. The summed E-state index contributed by atoms with van der Waals surface area (Å²) in [5.74, 6) is 0.117.